The van der Waals surface area contributed by atoms with E-state index in [0.29, 0.717) is 16.1 Å². The van der Waals surface area contributed by atoms with Gasteiger partial charge in [-0.2, -0.15) is 4.73 Å². The van der Waals surface area contributed by atoms with E-state index in [1.807, 2.05) is 18.2 Å². The smallest absolute Gasteiger partial charge is 0.164 e. The van der Waals surface area contributed by atoms with Gasteiger partial charge in [0.2, 0.25) is 0 Å². The lowest BCUT2D eigenvalue weighted by atomic mass is 9.91. The molecular weight excluding hydrogens is 354 g/mol. The quantitative estimate of drug-likeness (QED) is 0.634. The van der Waals surface area contributed by atoms with Gasteiger partial charge >= 0.3 is 0 Å². The van der Waals surface area contributed by atoms with Crippen molar-refractivity contribution in [2.75, 3.05) is 0 Å². The van der Waals surface area contributed by atoms with Gasteiger partial charge in [-0.1, -0.05) is 36.4 Å². The Kier molecular flexibility index (Phi) is 5.51. The lowest BCUT2D eigenvalue weighted by molar-refractivity contribution is 0.163. The Balaban J connectivity index is 1.53. The Bertz CT molecular complexity index is 691. The summed E-state index contributed by atoms with van der Waals surface area (Å²) in [5, 5.41) is 13.6. The Morgan fingerprint density at radius 1 is 1.04 bits per heavy atom. The standard InChI is InChI=1S/C18H22BrN3O/c19-17-7-4-8-18(22(17)23)21-16-11-9-15(10-12-16)20-13-14-5-2-1-3-6-14/h1-8,15-16,20,23H,9-13H2. The zero-order valence-electron chi connectivity index (χ0n) is 13.0. The van der Waals surface area contributed by atoms with Crippen LogP contribution in [0.15, 0.2) is 58.1 Å². The molecule has 1 saturated carbocycles. The maximum Gasteiger partial charge on any atom is 0.164 e. The molecule has 1 heterocycles. The van der Waals surface area contributed by atoms with Crippen LogP contribution >= 0.6 is 15.9 Å². The van der Waals surface area contributed by atoms with Crippen LogP contribution in [0.4, 0.5) is 0 Å². The van der Waals surface area contributed by atoms with E-state index >= 15 is 0 Å². The van der Waals surface area contributed by atoms with Gasteiger partial charge in [0.1, 0.15) is 4.60 Å². The van der Waals surface area contributed by atoms with Gasteiger partial charge in [0, 0.05) is 12.6 Å². The predicted octanol–water partition coefficient (Wildman–Crippen LogP) is 3.49. The number of rotatable bonds is 4. The van der Waals surface area contributed by atoms with Gasteiger partial charge in [0.25, 0.3) is 0 Å². The molecule has 4 nitrogen and oxygen atoms in total. The van der Waals surface area contributed by atoms with Crippen molar-refractivity contribution in [1.29, 1.82) is 0 Å². The number of nitrogens with zero attached hydrogens (tertiary/aromatic N) is 2. The molecule has 2 N–H and O–H groups in total. The van der Waals surface area contributed by atoms with E-state index in [1.54, 1.807) is 6.07 Å². The molecule has 23 heavy (non-hydrogen) atoms. The number of halogens is 1. The highest BCUT2D eigenvalue weighted by Crippen LogP contribution is 2.21. The zero-order chi connectivity index (χ0) is 16.1. The van der Waals surface area contributed by atoms with Gasteiger partial charge in [0.05, 0.1) is 6.04 Å². The number of nitrogens with one attached hydrogen (secondary N) is 1. The van der Waals surface area contributed by atoms with Gasteiger partial charge < -0.3 is 10.5 Å². The average Bonchev–Trinajstić information content (AvgIpc) is 2.59. The maximum absolute atomic E-state index is 9.95. The normalized spacial score (nSPS) is 22.2. The van der Waals surface area contributed by atoms with E-state index in [-0.39, 0.29) is 6.04 Å². The number of aromatic nitrogens is 1. The largest absolute Gasteiger partial charge is 0.426 e. The topological polar surface area (TPSA) is 49.5 Å². The molecule has 122 valence electrons. The molecule has 1 aromatic heterocycles. The fraction of sp³-hybridized carbons (Fsp3) is 0.389. The summed E-state index contributed by atoms with van der Waals surface area (Å²) < 4.78 is 1.72. The van der Waals surface area contributed by atoms with Gasteiger partial charge in [-0.25, -0.2) is 0 Å². The first-order valence-electron chi connectivity index (χ1n) is 8.10. The summed E-state index contributed by atoms with van der Waals surface area (Å²) >= 11 is 3.31. The molecule has 0 bridgehead atoms. The summed E-state index contributed by atoms with van der Waals surface area (Å²) in [5.41, 5.74) is 1.94. The van der Waals surface area contributed by atoms with Crippen LogP contribution in [-0.2, 0) is 6.54 Å². The first kappa shape index (κ1) is 16.3. The highest BCUT2D eigenvalue weighted by molar-refractivity contribution is 9.10. The summed E-state index contributed by atoms with van der Waals surface area (Å²) in [4.78, 5) is 4.69. The molecule has 0 amide bonds. The van der Waals surface area contributed by atoms with Gasteiger partial charge in [-0.05, 0) is 59.3 Å². The molecule has 0 atom stereocenters. The van der Waals surface area contributed by atoms with Crippen molar-refractivity contribution in [2.45, 2.75) is 44.3 Å². The minimum atomic E-state index is 0.289. The minimum Gasteiger partial charge on any atom is -0.426 e. The minimum absolute atomic E-state index is 0.289. The van der Waals surface area contributed by atoms with Crippen molar-refractivity contribution >= 4 is 15.9 Å². The van der Waals surface area contributed by atoms with Gasteiger partial charge in [0.15, 0.2) is 5.49 Å². The van der Waals surface area contributed by atoms with Crippen LogP contribution in [-0.4, -0.2) is 22.0 Å². The molecular formula is C18H22BrN3O. The summed E-state index contributed by atoms with van der Waals surface area (Å²) in [7, 11) is 0. The first-order valence-corrected chi connectivity index (χ1v) is 8.89. The van der Waals surface area contributed by atoms with Gasteiger partial charge in [-0.3, -0.25) is 4.99 Å². The predicted molar refractivity (Wildman–Crippen MR) is 94.2 cm³/mol. The van der Waals surface area contributed by atoms with Gasteiger partial charge in [-0.15, -0.1) is 0 Å². The third kappa shape index (κ3) is 4.45. The second-order valence-corrected chi connectivity index (χ2v) is 6.83. The third-order valence-corrected chi connectivity index (χ3v) is 4.95. The lowest BCUT2D eigenvalue weighted by Gasteiger charge is -2.27. The Morgan fingerprint density at radius 3 is 2.52 bits per heavy atom. The van der Waals surface area contributed by atoms with Crippen LogP contribution in [0.5, 0.6) is 0 Å². The van der Waals surface area contributed by atoms with Crippen LogP contribution in [0.3, 0.4) is 0 Å². The number of hydrogen-bond donors (Lipinski definition) is 2. The molecule has 1 fully saturated rings. The Hall–Kier alpha value is -1.59. The van der Waals surface area contributed by atoms with Crippen molar-refractivity contribution in [2.24, 2.45) is 4.99 Å². The zero-order valence-corrected chi connectivity index (χ0v) is 14.6. The second kappa shape index (κ2) is 7.79. The molecule has 0 aliphatic heterocycles. The molecule has 3 rings (SSSR count). The van der Waals surface area contributed by atoms with Crippen LogP contribution in [0.2, 0.25) is 0 Å². The van der Waals surface area contributed by atoms with Crippen molar-refractivity contribution in [1.82, 2.24) is 10.0 Å². The number of pyridine rings is 1. The summed E-state index contributed by atoms with van der Waals surface area (Å²) in [5.74, 6) is 0. The van der Waals surface area contributed by atoms with Crippen molar-refractivity contribution < 1.29 is 5.21 Å². The molecule has 1 aliphatic rings. The summed E-state index contributed by atoms with van der Waals surface area (Å²) in [6, 6.07) is 16.9. The van der Waals surface area contributed by atoms with Crippen molar-refractivity contribution in [3.8, 4) is 0 Å². The van der Waals surface area contributed by atoms with E-state index < -0.39 is 0 Å². The third-order valence-electron chi connectivity index (χ3n) is 4.35. The molecule has 2 aromatic rings. The molecule has 0 spiro atoms. The van der Waals surface area contributed by atoms with Crippen LogP contribution in [0, 0.1) is 0 Å². The fourth-order valence-corrected chi connectivity index (χ4v) is 3.35. The first-order chi connectivity index (χ1) is 11.2. The van der Waals surface area contributed by atoms with E-state index in [4.69, 9.17) is 0 Å². The van der Waals surface area contributed by atoms with Crippen molar-refractivity contribution in [3.05, 3.63) is 64.2 Å². The molecule has 0 radical (unpaired) electrons. The van der Waals surface area contributed by atoms with E-state index in [9.17, 15) is 5.21 Å². The van der Waals surface area contributed by atoms with Crippen LogP contribution < -0.4 is 10.8 Å². The lowest BCUT2D eigenvalue weighted by Crippen LogP contribution is -2.34. The molecule has 0 unspecified atom stereocenters. The Morgan fingerprint density at radius 2 is 1.78 bits per heavy atom. The molecule has 1 aromatic carbocycles. The highest BCUT2D eigenvalue weighted by atomic mass is 79.9. The monoisotopic (exact) mass is 375 g/mol. The van der Waals surface area contributed by atoms with Crippen LogP contribution in [0.25, 0.3) is 0 Å². The van der Waals surface area contributed by atoms with Crippen LogP contribution in [0.1, 0.15) is 31.2 Å². The number of benzene rings is 1. The average molecular weight is 376 g/mol. The molecule has 1 aliphatic carbocycles. The van der Waals surface area contributed by atoms with E-state index in [1.165, 1.54) is 5.56 Å². The van der Waals surface area contributed by atoms with E-state index in [2.05, 4.69) is 50.5 Å². The maximum atomic E-state index is 9.95. The molecule has 5 heteroatoms. The number of hydrogen-bond acceptors (Lipinski definition) is 3. The highest BCUT2D eigenvalue weighted by Gasteiger charge is 2.20. The summed E-state index contributed by atoms with van der Waals surface area (Å²) in [6.45, 7) is 0.926. The van der Waals surface area contributed by atoms with Crippen molar-refractivity contribution in [3.63, 3.8) is 0 Å². The molecule has 0 saturated heterocycles. The van der Waals surface area contributed by atoms with E-state index in [0.717, 1.165) is 37.0 Å². The summed E-state index contributed by atoms with van der Waals surface area (Å²) in [6.07, 6.45) is 4.36. The SMILES string of the molecule is On1c(Br)cccc1=NC1CCC(NCc2ccccc2)CC1. The fourth-order valence-electron chi connectivity index (χ4n) is 3.02. The second-order valence-electron chi connectivity index (χ2n) is 6.02. The Labute approximate surface area is 145 Å².